The molecule has 1 amide bonds. The van der Waals surface area contributed by atoms with E-state index in [0.717, 1.165) is 12.8 Å². The number of hydrogen-bond donors (Lipinski definition) is 1. The summed E-state index contributed by atoms with van der Waals surface area (Å²) in [5.74, 6) is 0.823. The smallest absolute Gasteiger partial charge is 0.272 e. The molecule has 0 aromatic carbocycles. The average Bonchev–Trinajstić information content (AvgIpc) is 3.00. The second-order valence-electron chi connectivity index (χ2n) is 6.28. The van der Waals surface area contributed by atoms with Gasteiger partial charge in [-0.2, -0.15) is 0 Å². The van der Waals surface area contributed by atoms with Crippen LogP contribution in [-0.2, 0) is 4.79 Å². The van der Waals surface area contributed by atoms with Crippen molar-refractivity contribution in [3.05, 3.63) is 21.8 Å². The fraction of sp³-hybridized carbons (Fsp3) is 0.588. The van der Waals surface area contributed by atoms with Gasteiger partial charge in [0.15, 0.2) is 5.16 Å². The van der Waals surface area contributed by atoms with Crippen LogP contribution in [-0.4, -0.2) is 27.8 Å². The lowest BCUT2D eigenvalue weighted by Crippen LogP contribution is -2.28. The van der Waals surface area contributed by atoms with Crippen molar-refractivity contribution in [2.45, 2.75) is 51.7 Å². The quantitative estimate of drug-likeness (QED) is 0.571. The molecule has 2 aromatic rings. The lowest BCUT2D eigenvalue weighted by molar-refractivity contribution is -0.118. The first-order chi connectivity index (χ1) is 11.4. The van der Waals surface area contributed by atoms with Gasteiger partial charge >= 0.3 is 0 Å². The van der Waals surface area contributed by atoms with Gasteiger partial charge in [-0.05, 0) is 37.1 Å². The fourth-order valence-corrected chi connectivity index (χ4v) is 3.95. The van der Waals surface area contributed by atoms with E-state index < -0.39 is 0 Å². The Morgan fingerprint density at radius 1 is 1.42 bits per heavy atom. The molecule has 0 spiro atoms. The zero-order chi connectivity index (χ0) is 17.7. The molecule has 132 valence electrons. The van der Waals surface area contributed by atoms with Gasteiger partial charge in [-0.15, -0.1) is 11.3 Å². The molecule has 5 nitrogen and oxygen atoms in total. The first kappa shape index (κ1) is 19.0. The van der Waals surface area contributed by atoms with E-state index in [0.29, 0.717) is 27.8 Å². The van der Waals surface area contributed by atoms with Crippen LogP contribution in [0.3, 0.4) is 0 Å². The number of fused-ring (bicyclic) bond motifs is 1. The second-order valence-corrected chi connectivity index (χ2v) is 8.14. The zero-order valence-electron chi connectivity index (χ0n) is 14.7. The van der Waals surface area contributed by atoms with Crippen LogP contribution >= 0.6 is 23.1 Å². The monoisotopic (exact) mass is 367 g/mol. The Balaban J connectivity index is 2.15. The zero-order valence-corrected chi connectivity index (χ0v) is 16.3. The molecule has 1 N–H and O–H groups in total. The van der Waals surface area contributed by atoms with Crippen molar-refractivity contribution in [1.82, 2.24) is 14.9 Å². The van der Waals surface area contributed by atoms with Gasteiger partial charge in [0.1, 0.15) is 4.70 Å². The van der Waals surface area contributed by atoms with Crippen molar-refractivity contribution in [3.8, 4) is 0 Å². The molecular formula is C17H25N3O2S2. The number of amides is 1. The number of rotatable bonds is 8. The Morgan fingerprint density at radius 2 is 2.17 bits per heavy atom. The molecule has 2 rings (SSSR count). The maximum atomic E-state index is 12.7. The van der Waals surface area contributed by atoms with E-state index in [1.54, 1.807) is 4.57 Å². The highest BCUT2D eigenvalue weighted by Gasteiger charge is 2.17. The Bertz CT molecular complexity index is 752. The van der Waals surface area contributed by atoms with Gasteiger partial charge in [0, 0.05) is 12.6 Å². The fourth-order valence-electron chi connectivity index (χ4n) is 2.26. The highest BCUT2D eigenvalue weighted by atomic mass is 32.2. The summed E-state index contributed by atoms with van der Waals surface area (Å²) in [5.41, 5.74) is 0.708. The molecule has 0 aliphatic carbocycles. The largest absolute Gasteiger partial charge is 0.355 e. The molecule has 2 heterocycles. The maximum Gasteiger partial charge on any atom is 0.272 e. The molecule has 24 heavy (non-hydrogen) atoms. The Hall–Kier alpha value is -1.34. The van der Waals surface area contributed by atoms with Crippen LogP contribution in [0.4, 0.5) is 0 Å². The van der Waals surface area contributed by atoms with Gasteiger partial charge < -0.3 is 5.32 Å². The number of nitrogens with one attached hydrogen (secondary N) is 1. The normalized spacial score (nSPS) is 12.7. The van der Waals surface area contributed by atoms with Crippen LogP contribution in [0.2, 0.25) is 0 Å². The summed E-state index contributed by atoms with van der Waals surface area (Å²) < 4.78 is 2.41. The number of carbonyl (C=O) groups excluding carboxylic acids is 1. The molecular weight excluding hydrogens is 342 g/mol. The van der Waals surface area contributed by atoms with Crippen molar-refractivity contribution in [3.63, 3.8) is 0 Å². The molecule has 0 aliphatic heterocycles. The van der Waals surface area contributed by atoms with E-state index in [1.165, 1.54) is 23.1 Å². The van der Waals surface area contributed by atoms with Gasteiger partial charge in [-0.1, -0.05) is 32.5 Å². The van der Waals surface area contributed by atoms with Crippen LogP contribution in [0.15, 0.2) is 21.4 Å². The summed E-state index contributed by atoms with van der Waals surface area (Å²) in [6.07, 6.45) is 1.81. The van der Waals surface area contributed by atoms with E-state index in [4.69, 9.17) is 0 Å². The SMILES string of the molecule is CCC(C)n1c(SCC(=O)NCCC(C)C)nc2ccsc2c1=O. The average molecular weight is 368 g/mol. The number of thioether (sulfide) groups is 1. The number of nitrogens with zero attached hydrogens (tertiary/aromatic N) is 2. The van der Waals surface area contributed by atoms with Crippen molar-refractivity contribution in [2.24, 2.45) is 5.92 Å². The molecule has 7 heteroatoms. The number of aromatic nitrogens is 2. The van der Waals surface area contributed by atoms with Crippen LogP contribution in [0, 0.1) is 5.92 Å². The minimum atomic E-state index is -0.0176. The number of thiophene rings is 1. The summed E-state index contributed by atoms with van der Waals surface area (Å²) in [6, 6.07) is 1.91. The first-order valence-electron chi connectivity index (χ1n) is 8.33. The van der Waals surface area contributed by atoms with Gasteiger partial charge in [0.25, 0.3) is 5.56 Å². The van der Waals surface area contributed by atoms with Crippen molar-refractivity contribution < 1.29 is 4.79 Å². The third kappa shape index (κ3) is 4.60. The van der Waals surface area contributed by atoms with Crippen molar-refractivity contribution in [1.29, 1.82) is 0 Å². The third-order valence-corrected chi connectivity index (χ3v) is 5.73. The molecule has 1 unspecified atom stereocenters. The van der Waals surface area contributed by atoms with Crippen LogP contribution in [0.25, 0.3) is 10.2 Å². The second kappa shape index (κ2) is 8.67. The number of hydrogen-bond acceptors (Lipinski definition) is 5. The predicted octanol–water partition coefficient (Wildman–Crippen LogP) is 3.68. The lowest BCUT2D eigenvalue weighted by atomic mass is 10.1. The summed E-state index contributed by atoms with van der Waals surface area (Å²) in [5, 5.41) is 5.43. The molecule has 2 aromatic heterocycles. The Labute approximate surface area is 150 Å². The molecule has 0 bridgehead atoms. The molecule has 0 fully saturated rings. The summed E-state index contributed by atoms with van der Waals surface area (Å²) >= 11 is 2.75. The molecule has 0 radical (unpaired) electrons. The minimum Gasteiger partial charge on any atom is -0.355 e. The van der Waals surface area contributed by atoms with E-state index in [1.807, 2.05) is 25.3 Å². The Kier molecular flexibility index (Phi) is 6.86. The standard InChI is InChI=1S/C17H25N3O2S2/c1-5-12(4)20-16(22)15-13(7-9-23-15)19-17(20)24-10-14(21)18-8-6-11(2)3/h7,9,11-12H,5-6,8,10H2,1-4H3,(H,18,21). The van der Waals surface area contributed by atoms with Crippen LogP contribution in [0.1, 0.15) is 46.6 Å². The third-order valence-electron chi connectivity index (χ3n) is 3.89. The predicted molar refractivity (Wildman–Crippen MR) is 102 cm³/mol. The van der Waals surface area contributed by atoms with Crippen LogP contribution in [0.5, 0.6) is 0 Å². The van der Waals surface area contributed by atoms with Crippen molar-refractivity contribution in [2.75, 3.05) is 12.3 Å². The van der Waals surface area contributed by atoms with E-state index in [-0.39, 0.29) is 23.3 Å². The lowest BCUT2D eigenvalue weighted by Gasteiger charge is -2.17. The van der Waals surface area contributed by atoms with E-state index in [9.17, 15) is 9.59 Å². The topological polar surface area (TPSA) is 64.0 Å². The first-order valence-corrected chi connectivity index (χ1v) is 10.2. The van der Waals surface area contributed by atoms with Gasteiger partial charge in [-0.25, -0.2) is 4.98 Å². The highest BCUT2D eigenvalue weighted by Crippen LogP contribution is 2.24. The summed E-state index contributed by atoms with van der Waals surface area (Å²) in [6.45, 7) is 9.00. The van der Waals surface area contributed by atoms with Crippen LogP contribution < -0.4 is 10.9 Å². The molecule has 0 saturated heterocycles. The van der Waals surface area contributed by atoms with E-state index >= 15 is 0 Å². The van der Waals surface area contributed by atoms with Gasteiger partial charge in [-0.3, -0.25) is 14.2 Å². The van der Waals surface area contributed by atoms with Crippen molar-refractivity contribution >= 4 is 39.2 Å². The molecule has 1 atom stereocenters. The van der Waals surface area contributed by atoms with Gasteiger partial charge in [0.2, 0.25) is 5.91 Å². The maximum absolute atomic E-state index is 12.7. The number of carbonyl (C=O) groups is 1. The minimum absolute atomic E-state index is 0.00735. The highest BCUT2D eigenvalue weighted by molar-refractivity contribution is 7.99. The molecule has 0 aliphatic rings. The summed E-state index contributed by atoms with van der Waals surface area (Å²) in [4.78, 5) is 29.3. The molecule has 0 saturated carbocycles. The Morgan fingerprint density at radius 3 is 2.83 bits per heavy atom. The summed E-state index contributed by atoms with van der Waals surface area (Å²) in [7, 11) is 0. The van der Waals surface area contributed by atoms with Gasteiger partial charge in [0.05, 0.1) is 11.3 Å². The van der Waals surface area contributed by atoms with E-state index in [2.05, 4.69) is 24.1 Å².